The standard InChI is InChI=1S/C14H19FN2O5/c1-6-5-17(12(19)16-9(6)18)10-8(15)14(21)4-7(2)13(3,20)11(14)22-10/h5,7-8,10-11,20-21H,4H2,1-3H3,(H,16,18,19)/t7-,8-,10+,11+,13+,14-/m0/s1. The largest absolute Gasteiger partial charge is 0.387 e. The van der Waals surface area contributed by atoms with Crippen LogP contribution in [-0.4, -0.2) is 43.2 Å². The molecule has 2 fully saturated rings. The van der Waals surface area contributed by atoms with Crippen molar-refractivity contribution in [3.05, 3.63) is 32.6 Å². The van der Waals surface area contributed by atoms with Gasteiger partial charge in [0.2, 0.25) is 0 Å². The topological polar surface area (TPSA) is 105 Å². The van der Waals surface area contributed by atoms with E-state index >= 15 is 0 Å². The molecule has 7 nitrogen and oxygen atoms in total. The number of aryl methyl sites for hydroxylation is 1. The summed E-state index contributed by atoms with van der Waals surface area (Å²) < 4.78 is 21.2. The summed E-state index contributed by atoms with van der Waals surface area (Å²) in [4.78, 5) is 25.4. The molecule has 1 saturated heterocycles. The highest BCUT2D eigenvalue weighted by atomic mass is 19.1. The summed E-state index contributed by atoms with van der Waals surface area (Å²) in [5.41, 5.74) is -4.43. The number of aromatic nitrogens is 2. The van der Waals surface area contributed by atoms with Gasteiger partial charge in [-0.05, 0) is 26.2 Å². The van der Waals surface area contributed by atoms with Crippen molar-refractivity contribution in [3.8, 4) is 0 Å². The van der Waals surface area contributed by atoms with Crippen LogP contribution in [0.3, 0.4) is 0 Å². The van der Waals surface area contributed by atoms with E-state index in [0.717, 1.165) is 4.57 Å². The molecule has 6 atom stereocenters. The first-order valence-corrected chi connectivity index (χ1v) is 7.15. The fourth-order valence-electron chi connectivity index (χ4n) is 3.52. The molecule has 1 aliphatic heterocycles. The van der Waals surface area contributed by atoms with E-state index in [1.165, 1.54) is 20.0 Å². The molecule has 0 amide bonds. The number of rotatable bonds is 1. The lowest BCUT2D eigenvalue weighted by atomic mass is 9.91. The number of halogens is 1. The molecular formula is C14H19FN2O5. The lowest BCUT2D eigenvalue weighted by molar-refractivity contribution is -0.136. The molecular weight excluding hydrogens is 295 g/mol. The van der Waals surface area contributed by atoms with Crippen LogP contribution in [0.1, 0.15) is 32.1 Å². The first-order chi connectivity index (χ1) is 10.1. The molecule has 1 aromatic rings. The maximum Gasteiger partial charge on any atom is 0.330 e. The van der Waals surface area contributed by atoms with E-state index in [2.05, 4.69) is 4.98 Å². The van der Waals surface area contributed by atoms with Gasteiger partial charge in [-0.25, -0.2) is 9.18 Å². The molecule has 1 aromatic heterocycles. The molecule has 8 heteroatoms. The lowest BCUT2D eigenvalue weighted by Gasteiger charge is -2.29. The van der Waals surface area contributed by atoms with Crippen LogP contribution in [-0.2, 0) is 4.74 Å². The quantitative estimate of drug-likeness (QED) is 0.654. The highest BCUT2D eigenvalue weighted by Gasteiger charge is 2.69. The van der Waals surface area contributed by atoms with E-state index in [-0.39, 0.29) is 17.9 Å². The summed E-state index contributed by atoms with van der Waals surface area (Å²) in [6.07, 6.45) is -3.21. The Kier molecular flexibility index (Phi) is 3.15. The second kappa shape index (κ2) is 4.50. The number of aliphatic hydroxyl groups is 2. The molecule has 2 heterocycles. The van der Waals surface area contributed by atoms with Crippen LogP contribution in [0.15, 0.2) is 15.8 Å². The van der Waals surface area contributed by atoms with E-state index in [1.54, 1.807) is 6.92 Å². The maximum atomic E-state index is 14.8. The third-order valence-electron chi connectivity index (χ3n) is 5.04. The molecule has 0 radical (unpaired) electrons. The zero-order valence-electron chi connectivity index (χ0n) is 12.5. The number of hydrogen-bond donors (Lipinski definition) is 3. The number of nitrogens with one attached hydrogen (secondary N) is 1. The molecule has 1 aliphatic carbocycles. The normalized spacial score (nSPS) is 44.3. The monoisotopic (exact) mass is 314 g/mol. The average Bonchev–Trinajstić information content (AvgIpc) is 2.76. The van der Waals surface area contributed by atoms with E-state index in [1.807, 2.05) is 0 Å². The molecule has 0 spiro atoms. The SMILES string of the molecule is Cc1cn([C@@H]2O[C@@H]3[C@](C)(O)[C@@H](C)C[C@]3(O)[C@H]2F)c(=O)[nH]c1=O. The third kappa shape index (κ3) is 1.84. The summed E-state index contributed by atoms with van der Waals surface area (Å²) in [7, 11) is 0. The summed E-state index contributed by atoms with van der Waals surface area (Å²) in [5.74, 6) is -0.351. The molecule has 3 N–H and O–H groups in total. The van der Waals surface area contributed by atoms with E-state index in [4.69, 9.17) is 4.74 Å². The van der Waals surface area contributed by atoms with Crippen molar-refractivity contribution in [2.45, 2.75) is 56.9 Å². The molecule has 0 bridgehead atoms. The Morgan fingerprint density at radius 1 is 1.45 bits per heavy atom. The van der Waals surface area contributed by atoms with Crippen LogP contribution in [0.2, 0.25) is 0 Å². The maximum absolute atomic E-state index is 14.8. The van der Waals surface area contributed by atoms with Gasteiger partial charge in [-0.2, -0.15) is 0 Å². The molecule has 1 saturated carbocycles. The van der Waals surface area contributed by atoms with Crippen molar-refractivity contribution in [1.29, 1.82) is 0 Å². The second-order valence-electron chi connectivity index (χ2n) is 6.61. The smallest absolute Gasteiger partial charge is 0.330 e. The van der Waals surface area contributed by atoms with Crippen molar-refractivity contribution in [2.75, 3.05) is 0 Å². The van der Waals surface area contributed by atoms with Gasteiger partial charge in [0.1, 0.15) is 11.7 Å². The van der Waals surface area contributed by atoms with E-state index in [0.29, 0.717) is 0 Å². The van der Waals surface area contributed by atoms with Crippen molar-refractivity contribution in [2.24, 2.45) is 5.92 Å². The molecule has 0 unspecified atom stereocenters. The molecule has 3 rings (SSSR count). The fraction of sp³-hybridized carbons (Fsp3) is 0.714. The second-order valence-corrected chi connectivity index (χ2v) is 6.61. The predicted octanol–water partition coefficient (Wildman–Crippen LogP) is -0.398. The van der Waals surface area contributed by atoms with Crippen LogP contribution >= 0.6 is 0 Å². The highest BCUT2D eigenvalue weighted by Crippen LogP contribution is 2.54. The minimum Gasteiger partial charge on any atom is -0.387 e. The third-order valence-corrected chi connectivity index (χ3v) is 5.04. The van der Waals surface area contributed by atoms with Crippen LogP contribution in [0.4, 0.5) is 4.39 Å². The van der Waals surface area contributed by atoms with Crippen LogP contribution in [0.25, 0.3) is 0 Å². The Hall–Kier alpha value is -1.51. The zero-order chi connectivity index (χ0) is 16.4. The Balaban J connectivity index is 2.05. The first-order valence-electron chi connectivity index (χ1n) is 7.15. The van der Waals surface area contributed by atoms with Crippen LogP contribution < -0.4 is 11.2 Å². The number of aromatic amines is 1. The van der Waals surface area contributed by atoms with Gasteiger partial charge in [0.15, 0.2) is 12.4 Å². The van der Waals surface area contributed by atoms with E-state index in [9.17, 15) is 24.2 Å². The molecule has 2 aliphatic rings. The highest BCUT2D eigenvalue weighted by molar-refractivity contribution is 5.17. The number of fused-ring (bicyclic) bond motifs is 1. The van der Waals surface area contributed by atoms with Gasteiger partial charge in [-0.15, -0.1) is 0 Å². The number of ether oxygens (including phenoxy) is 1. The lowest BCUT2D eigenvalue weighted by Crippen LogP contribution is -2.49. The zero-order valence-corrected chi connectivity index (χ0v) is 12.5. The summed E-state index contributed by atoms with van der Waals surface area (Å²) >= 11 is 0. The fourth-order valence-corrected chi connectivity index (χ4v) is 3.52. The van der Waals surface area contributed by atoms with Gasteiger partial charge < -0.3 is 14.9 Å². The van der Waals surface area contributed by atoms with Crippen molar-refractivity contribution in [1.82, 2.24) is 9.55 Å². The molecule has 0 aromatic carbocycles. The van der Waals surface area contributed by atoms with Gasteiger partial charge in [-0.3, -0.25) is 14.3 Å². The summed E-state index contributed by atoms with van der Waals surface area (Å²) in [5, 5.41) is 21.1. The molecule has 22 heavy (non-hydrogen) atoms. The van der Waals surface area contributed by atoms with Gasteiger partial charge in [-0.1, -0.05) is 6.92 Å². The Bertz CT molecular complexity index is 727. The van der Waals surface area contributed by atoms with Crippen molar-refractivity contribution >= 4 is 0 Å². The number of alkyl halides is 1. The van der Waals surface area contributed by atoms with Gasteiger partial charge in [0.25, 0.3) is 5.56 Å². The van der Waals surface area contributed by atoms with E-state index < -0.39 is 41.0 Å². The number of nitrogens with zero attached hydrogens (tertiary/aromatic N) is 1. The van der Waals surface area contributed by atoms with Gasteiger partial charge in [0, 0.05) is 11.8 Å². The van der Waals surface area contributed by atoms with Gasteiger partial charge in [0.05, 0.1) is 5.60 Å². The van der Waals surface area contributed by atoms with Gasteiger partial charge >= 0.3 is 5.69 Å². The molecule has 122 valence electrons. The Morgan fingerprint density at radius 3 is 2.68 bits per heavy atom. The average molecular weight is 314 g/mol. The van der Waals surface area contributed by atoms with Crippen molar-refractivity contribution in [3.63, 3.8) is 0 Å². The number of H-pyrrole nitrogens is 1. The minimum absolute atomic E-state index is 0.0272. The predicted molar refractivity (Wildman–Crippen MR) is 74.2 cm³/mol. The summed E-state index contributed by atoms with van der Waals surface area (Å²) in [6.45, 7) is 4.67. The van der Waals surface area contributed by atoms with Crippen LogP contribution in [0.5, 0.6) is 0 Å². The van der Waals surface area contributed by atoms with Crippen molar-refractivity contribution < 1.29 is 19.3 Å². The van der Waals surface area contributed by atoms with Crippen LogP contribution in [0, 0.1) is 12.8 Å². The number of hydrogen-bond acceptors (Lipinski definition) is 5. The first kappa shape index (κ1) is 15.4. The Morgan fingerprint density at radius 2 is 2.09 bits per heavy atom. The summed E-state index contributed by atoms with van der Waals surface area (Å²) in [6, 6.07) is 0. The Labute approximate surface area is 125 Å². The minimum atomic E-state index is -1.89.